The van der Waals surface area contributed by atoms with Gasteiger partial charge in [0.15, 0.2) is 17.4 Å². The molecule has 0 aliphatic carbocycles. The first-order valence-corrected chi connectivity index (χ1v) is 12.5. The standard InChI is InChI=1S/C29H28N2O4S/c1-29(2,3)35-26(33)16-15-22(32)25-17-21-24(36-25)18-23(34-4)28(30-21)31-27(19-11-7-5-8-12-19)20-13-9-6-10-14-20/h5-14,17-18H,15-16H2,1-4H3. The third-order valence-corrected chi connectivity index (χ3v) is 6.34. The smallest absolute Gasteiger partial charge is 0.306 e. The zero-order valence-corrected chi connectivity index (χ0v) is 21.6. The van der Waals surface area contributed by atoms with Crippen molar-refractivity contribution in [1.82, 2.24) is 4.98 Å². The van der Waals surface area contributed by atoms with Crippen molar-refractivity contribution in [2.24, 2.45) is 4.99 Å². The molecule has 184 valence electrons. The molecule has 0 spiro atoms. The van der Waals surface area contributed by atoms with E-state index in [4.69, 9.17) is 19.5 Å². The van der Waals surface area contributed by atoms with E-state index in [9.17, 15) is 9.59 Å². The summed E-state index contributed by atoms with van der Waals surface area (Å²) < 4.78 is 11.7. The fraction of sp³-hybridized carbons (Fsp3) is 0.241. The first kappa shape index (κ1) is 25.3. The Hall–Kier alpha value is -3.84. The number of esters is 1. The van der Waals surface area contributed by atoms with Crippen molar-refractivity contribution >= 4 is 44.8 Å². The van der Waals surface area contributed by atoms with E-state index in [1.54, 1.807) is 33.9 Å². The maximum absolute atomic E-state index is 12.8. The van der Waals surface area contributed by atoms with Crippen LogP contribution < -0.4 is 4.74 Å². The number of thiophene rings is 1. The number of ether oxygens (including phenoxy) is 2. The molecule has 2 heterocycles. The molecular formula is C29H28N2O4S. The minimum atomic E-state index is -0.576. The lowest BCUT2D eigenvalue weighted by Crippen LogP contribution is -2.24. The molecule has 36 heavy (non-hydrogen) atoms. The van der Waals surface area contributed by atoms with E-state index in [0.29, 0.717) is 22.0 Å². The van der Waals surface area contributed by atoms with Crippen LogP contribution in [0.25, 0.3) is 10.2 Å². The molecular weight excluding hydrogens is 472 g/mol. The van der Waals surface area contributed by atoms with Crippen molar-refractivity contribution in [1.29, 1.82) is 0 Å². The molecule has 4 rings (SSSR count). The van der Waals surface area contributed by atoms with Crippen LogP contribution in [-0.4, -0.2) is 35.2 Å². The van der Waals surface area contributed by atoms with Crippen molar-refractivity contribution in [2.45, 2.75) is 39.2 Å². The van der Waals surface area contributed by atoms with Crippen molar-refractivity contribution in [3.05, 3.63) is 88.8 Å². The van der Waals surface area contributed by atoms with Crippen LogP contribution in [0.2, 0.25) is 0 Å². The van der Waals surface area contributed by atoms with Crippen LogP contribution in [0.15, 0.2) is 77.8 Å². The SMILES string of the molecule is COc1cc2sc(C(=O)CCC(=O)OC(C)(C)C)cc2nc1N=C(c1ccccc1)c1ccccc1. The maximum Gasteiger partial charge on any atom is 0.306 e. The van der Waals surface area contributed by atoms with Gasteiger partial charge in [-0.3, -0.25) is 9.59 Å². The number of aliphatic imine (C=N–C) groups is 1. The van der Waals surface area contributed by atoms with Crippen molar-refractivity contribution in [3.8, 4) is 5.75 Å². The Labute approximate surface area is 214 Å². The summed E-state index contributed by atoms with van der Waals surface area (Å²) in [7, 11) is 1.58. The zero-order valence-electron chi connectivity index (χ0n) is 20.8. The van der Waals surface area contributed by atoms with Crippen LogP contribution >= 0.6 is 11.3 Å². The van der Waals surface area contributed by atoms with E-state index < -0.39 is 5.60 Å². The number of carbonyl (C=O) groups is 2. The number of carbonyl (C=O) groups excluding carboxylic acids is 2. The van der Waals surface area contributed by atoms with E-state index >= 15 is 0 Å². The van der Waals surface area contributed by atoms with Gasteiger partial charge in [0, 0.05) is 23.6 Å². The summed E-state index contributed by atoms with van der Waals surface area (Å²) in [4.78, 5) is 35.0. The number of benzene rings is 2. The van der Waals surface area contributed by atoms with Gasteiger partial charge in [-0.05, 0) is 26.8 Å². The second-order valence-corrected chi connectivity index (χ2v) is 10.3. The van der Waals surface area contributed by atoms with E-state index in [1.165, 1.54) is 11.3 Å². The van der Waals surface area contributed by atoms with Crippen molar-refractivity contribution in [3.63, 3.8) is 0 Å². The average Bonchev–Trinajstić information content (AvgIpc) is 3.28. The number of nitrogens with zero attached hydrogens (tertiary/aromatic N) is 2. The minimum Gasteiger partial charge on any atom is -0.493 e. The Bertz CT molecular complexity index is 1360. The number of hydrogen-bond acceptors (Lipinski definition) is 7. The van der Waals surface area contributed by atoms with Gasteiger partial charge in [0.1, 0.15) is 5.60 Å². The molecule has 0 amide bonds. The molecule has 6 nitrogen and oxygen atoms in total. The van der Waals surface area contributed by atoms with Gasteiger partial charge < -0.3 is 9.47 Å². The number of aromatic nitrogens is 1. The number of ketones is 1. The Morgan fingerprint density at radius 1 is 0.917 bits per heavy atom. The predicted molar refractivity (Wildman–Crippen MR) is 144 cm³/mol. The van der Waals surface area contributed by atoms with Gasteiger partial charge in [-0.15, -0.1) is 11.3 Å². The molecule has 7 heteroatoms. The van der Waals surface area contributed by atoms with Gasteiger partial charge in [-0.1, -0.05) is 60.7 Å². The fourth-order valence-electron chi connectivity index (χ4n) is 3.63. The van der Waals surface area contributed by atoms with Gasteiger partial charge in [-0.2, -0.15) is 0 Å². The van der Waals surface area contributed by atoms with Crippen molar-refractivity contribution in [2.75, 3.05) is 7.11 Å². The van der Waals surface area contributed by atoms with Gasteiger partial charge in [0.2, 0.25) is 0 Å². The molecule has 0 atom stereocenters. The summed E-state index contributed by atoms with van der Waals surface area (Å²) in [6, 6.07) is 23.4. The lowest BCUT2D eigenvalue weighted by molar-refractivity contribution is -0.154. The molecule has 0 saturated carbocycles. The molecule has 0 radical (unpaired) electrons. The number of fused-ring (bicyclic) bond motifs is 1. The molecule has 0 N–H and O–H groups in total. The number of methoxy groups -OCH3 is 1. The molecule has 0 aliphatic rings. The summed E-state index contributed by atoms with van der Waals surface area (Å²) in [6.45, 7) is 5.41. The van der Waals surface area contributed by atoms with E-state index in [-0.39, 0.29) is 24.6 Å². The Kier molecular flexibility index (Phi) is 7.60. The van der Waals surface area contributed by atoms with Crippen LogP contribution in [0.1, 0.15) is 54.4 Å². The average molecular weight is 501 g/mol. The second kappa shape index (κ2) is 10.8. The third kappa shape index (κ3) is 6.23. The molecule has 0 unspecified atom stereocenters. The normalized spacial score (nSPS) is 11.2. The number of Topliss-reactive ketones (excluding diaryl/α,β-unsaturated/α-hetero) is 1. The molecule has 0 aliphatic heterocycles. The van der Waals surface area contributed by atoms with Gasteiger partial charge in [0.05, 0.1) is 34.3 Å². The summed E-state index contributed by atoms with van der Waals surface area (Å²) in [6.07, 6.45) is 0.115. The highest BCUT2D eigenvalue weighted by Crippen LogP contribution is 2.35. The molecule has 4 aromatic rings. The Morgan fingerprint density at radius 2 is 1.53 bits per heavy atom. The highest BCUT2D eigenvalue weighted by atomic mass is 32.1. The van der Waals surface area contributed by atoms with Crippen LogP contribution in [0, 0.1) is 0 Å². The summed E-state index contributed by atoms with van der Waals surface area (Å²) in [5.41, 5.74) is 2.76. The fourth-order valence-corrected chi connectivity index (χ4v) is 4.63. The highest BCUT2D eigenvalue weighted by Gasteiger charge is 2.20. The van der Waals surface area contributed by atoms with Gasteiger partial charge >= 0.3 is 5.97 Å². The highest BCUT2D eigenvalue weighted by molar-refractivity contribution is 7.20. The van der Waals surface area contributed by atoms with Gasteiger partial charge in [-0.25, -0.2) is 9.98 Å². The predicted octanol–water partition coefficient (Wildman–Crippen LogP) is 6.78. The largest absolute Gasteiger partial charge is 0.493 e. The first-order valence-electron chi connectivity index (χ1n) is 11.7. The van der Waals surface area contributed by atoms with Crippen LogP contribution in [0.4, 0.5) is 5.82 Å². The summed E-state index contributed by atoms with van der Waals surface area (Å²) in [5, 5.41) is 0. The molecule has 0 bridgehead atoms. The number of pyridine rings is 1. The van der Waals surface area contributed by atoms with Crippen LogP contribution in [0.5, 0.6) is 5.75 Å². The molecule has 0 fully saturated rings. The maximum atomic E-state index is 12.8. The molecule has 0 saturated heterocycles. The van der Waals surface area contributed by atoms with Crippen LogP contribution in [0.3, 0.4) is 0 Å². The monoisotopic (exact) mass is 500 g/mol. The number of hydrogen-bond donors (Lipinski definition) is 0. The third-order valence-electron chi connectivity index (χ3n) is 5.23. The zero-order chi connectivity index (χ0) is 25.7. The second-order valence-electron chi connectivity index (χ2n) is 9.21. The Morgan fingerprint density at radius 3 is 2.08 bits per heavy atom. The van der Waals surface area contributed by atoms with Gasteiger partial charge in [0.25, 0.3) is 0 Å². The lowest BCUT2D eigenvalue weighted by Gasteiger charge is -2.19. The first-order chi connectivity index (χ1) is 17.2. The topological polar surface area (TPSA) is 77.9 Å². The van der Waals surface area contributed by atoms with E-state index in [0.717, 1.165) is 21.5 Å². The van der Waals surface area contributed by atoms with Crippen LogP contribution in [-0.2, 0) is 9.53 Å². The lowest BCUT2D eigenvalue weighted by atomic mass is 10.0. The van der Waals surface area contributed by atoms with E-state index in [2.05, 4.69) is 0 Å². The molecule has 2 aromatic carbocycles. The quantitative estimate of drug-likeness (QED) is 0.151. The minimum absolute atomic E-state index is 0.0359. The molecule has 2 aromatic heterocycles. The van der Waals surface area contributed by atoms with E-state index in [1.807, 2.05) is 66.7 Å². The summed E-state index contributed by atoms with van der Waals surface area (Å²) in [5.74, 6) is 0.435. The Balaban J connectivity index is 1.67. The van der Waals surface area contributed by atoms with Crippen molar-refractivity contribution < 1.29 is 19.1 Å². The number of rotatable bonds is 8. The summed E-state index contributed by atoms with van der Waals surface area (Å²) >= 11 is 1.33.